The number of hydrogen-bond acceptors (Lipinski definition) is 4. The Hall–Kier alpha value is -2.21. The van der Waals surface area contributed by atoms with Crippen molar-refractivity contribution in [1.29, 1.82) is 0 Å². The summed E-state index contributed by atoms with van der Waals surface area (Å²) in [7, 11) is 0. The van der Waals surface area contributed by atoms with Crippen LogP contribution in [0.1, 0.15) is 86.7 Å². The lowest BCUT2D eigenvalue weighted by molar-refractivity contribution is -0.140. The molecule has 1 N–H and O–H groups in total. The molecule has 0 unspecified atom stereocenters. The van der Waals surface area contributed by atoms with Crippen LogP contribution in [0, 0.1) is 6.92 Å². The third kappa shape index (κ3) is 4.53. The molecule has 1 saturated heterocycles. The minimum Gasteiger partial charge on any atom is -0.389 e. The molecule has 29 heavy (non-hydrogen) atoms. The number of rotatable bonds is 7. The zero-order chi connectivity index (χ0) is 20.4. The number of carbonyl (C=O) groups excluding carboxylic acids is 1. The highest BCUT2D eigenvalue weighted by atomic mass is 16.3. The van der Waals surface area contributed by atoms with E-state index >= 15 is 0 Å². The maximum Gasteiger partial charge on any atom is 0.223 e. The van der Waals surface area contributed by atoms with Crippen LogP contribution >= 0.6 is 0 Å². The van der Waals surface area contributed by atoms with E-state index in [2.05, 4.69) is 48.4 Å². The van der Waals surface area contributed by atoms with Crippen molar-refractivity contribution >= 4 is 5.91 Å². The molecular formula is C23H32N4O2. The van der Waals surface area contributed by atoms with E-state index in [1.165, 1.54) is 18.4 Å². The quantitative estimate of drug-likeness (QED) is 0.720. The largest absolute Gasteiger partial charge is 0.389 e. The summed E-state index contributed by atoms with van der Waals surface area (Å²) in [5.74, 6) is 0.674. The summed E-state index contributed by atoms with van der Waals surface area (Å²) in [6.07, 6.45) is 7.96. The standard InChI is InChI=1S/C23H32N4O2/c1-3-4-5-6-23(29)26-15-22(28)21(27-14-19(24-25-27)17-11-12-17)13-20(26)18-9-7-16(2)8-10-18/h7-10,14,17,20-22,28H,3-6,11-13,15H2,1-2H3/t20-,21+,22+/m0/s1. The number of hydrogen-bond donors (Lipinski definition) is 1. The zero-order valence-corrected chi connectivity index (χ0v) is 17.5. The molecule has 1 amide bonds. The number of aliphatic hydroxyl groups is 1. The van der Waals surface area contributed by atoms with E-state index < -0.39 is 6.10 Å². The Morgan fingerprint density at radius 3 is 2.66 bits per heavy atom. The number of likely N-dealkylation sites (tertiary alicyclic amines) is 1. The van der Waals surface area contributed by atoms with Crippen molar-refractivity contribution < 1.29 is 9.90 Å². The maximum atomic E-state index is 13.0. The molecule has 1 aromatic carbocycles. The van der Waals surface area contributed by atoms with Crippen LogP contribution in [0.4, 0.5) is 0 Å². The van der Waals surface area contributed by atoms with Gasteiger partial charge in [0.25, 0.3) is 0 Å². The minimum absolute atomic E-state index is 0.0494. The molecule has 2 heterocycles. The van der Waals surface area contributed by atoms with Crippen molar-refractivity contribution in [1.82, 2.24) is 19.9 Å². The highest BCUT2D eigenvalue weighted by Crippen LogP contribution is 2.41. The summed E-state index contributed by atoms with van der Waals surface area (Å²) in [6, 6.07) is 8.19. The van der Waals surface area contributed by atoms with Gasteiger partial charge in [-0.25, -0.2) is 4.68 Å². The van der Waals surface area contributed by atoms with Crippen molar-refractivity contribution in [2.24, 2.45) is 0 Å². The lowest BCUT2D eigenvalue weighted by Gasteiger charge is -2.42. The number of aromatic nitrogens is 3. The normalized spacial score (nSPS) is 24.7. The first-order valence-corrected chi connectivity index (χ1v) is 11.0. The number of unbranched alkanes of at least 4 members (excludes halogenated alkanes) is 2. The van der Waals surface area contributed by atoms with Gasteiger partial charge in [0.1, 0.15) is 0 Å². The van der Waals surface area contributed by atoms with Gasteiger partial charge in [-0.1, -0.05) is 54.8 Å². The van der Waals surface area contributed by atoms with Crippen LogP contribution < -0.4 is 0 Å². The molecule has 0 spiro atoms. The molecule has 1 aliphatic carbocycles. The molecule has 1 aliphatic heterocycles. The molecule has 156 valence electrons. The van der Waals surface area contributed by atoms with Gasteiger partial charge < -0.3 is 10.0 Å². The van der Waals surface area contributed by atoms with Crippen LogP contribution in [0.5, 0.6) is 0 Å². The summed E-state index contributed by atoms with van der Waals surface area (Å²) in [5, 5.41) is 19.6. The molecule has 1 saturated carbocycles. The summed E-state index contributed by atoms with van der Waals surface area (Å²) in [4.78, 5) is 14.9. The van der Waals surface area contributed by atoms with Crippen molar-refractivity contribution in [2.45, 2.75) is 82.9 Å². The number of aliphatic hydroxyl groups excluding tert-OH is 1. The number of β-amino-alcohol motifs (C(OH)–C–C–N with tert-alkyl or cyclic N) is 1. The second kappa shape index (κ2) is 8.66. The van der Waals surface area contributed by atoms with Gasteiger partial charge in [-0.3, -0.25) is 4.79 Å². The summed E-state index contributed by atoms with van der Waals surface area (Å²) >= 11 is 0. The Labute approximate surface area is 172 Å². The molecule has 0 bridgehead atoms. The van der Waals surface area contributed by atoms with Gasteiger partial charge >= 0.3 is 0 Å². The smallest absolute Gasteiger partial charge is 0.223 e. The molecule has 6 heteroatoms. The molecular weight excluding hydrogens is 364 g/mol. The number of piperidine rings is 1. The van der Waals surface area contributed by atoms with Crippen molar-refractivity contribution in [3.63, 3.8) is 0 Å². The van der Waals surface area contributed by atoms with Gasteiger partial charge in [0.2, 0.25) is 5.91 Å². The summed E-state index contributed by atoms with van der Waals surface area (Å²) < 4.78 is 1.83. The second-order valence-electron chi connectivity index (χ2n) is 8.70. The molecule has 2 fully saturated rings. The summed E-state index contributed by atoms with van der Waals surface area (Å²) in [6.45, 7) is 4.55. The maximum absolute atomic E-state index is 13.0. The first-order chi connectivity index (χ1) is 14.1. The highest BCUT2D eigenvalue weighted by molar-refractivity contribution is 5.77. The van der Waals surface area contributed by atoms with E-state index in [4.69, 9.17) is 0 Å². The number of benzene rings is 1. The van der Waals surface area contributed by atoms with Gasteiger partial charge in [0.15, 0.2) is 0 Å². The Balaban J connectivity index is 1.57. The van der Waals surface area contributed by atoms with E-state index in [9.17, 15) is 9.90 Å². The molecule has 3 atom stereocenters. The minimum atomic E-state index is -0.638. The molecule has 0 radical (unpaired) electrons. The first kappa shape index (κ1) is 20.1. The fourth-order valence-electron chi connectivity index (χ4n) is 4.32. The number of aryl methyl sites for hydroxylation is 1. The molecule has 2 aromatic rings. The molecule has 1 aromatic heterocycles. The second-order valence-corrected chi connectivity index (χ2v) is 8.70. The lowest BCUT2D eigenvalue weighted by atomic mass is 9.89. The van der Waals surface area contributed by atoms with E-state index in [0.717, 1.165) is 30.5 Å². The molecule has 4 rings (SSSR count). The Kier molecular flexibility index (Phi) is 5.99. The lowest BCUT2D eigenvalue weighted by Crippen LogP contribution is -2.49. The molecule has 2 aliphatic rings. The van der Waals surface area contributed by atoms with Crippen molar-refractivity contribution in [3.05, 3.63) is 47.3 Å². The fourth-order valence-corrected chi connectivity index (χ4v) is 4.32. The Morgan fingerprint density at radius 1 is 1.21 bits per heavy atom. The zero-order valence-electron chi connectivity index (χ0n) is 17.5. The van der Waals surface area contributed by atoms with Crippen LogP contribution in [0.15, 0.2) is 30.5 Å². The topological polar surface area (TPSA) is 71.2 Å². The van der Waals surface area contributed by atoms with Gasteiger partial charge in [-0.05, 0) is 38.2 Å². The van der Waals surface area contributed by atoms with Crippen LogP contribution in [-0.2, 0) is 4.79 Å². The van der Waals surface area contributed by atoms with Crippen LogP contribution in [-0.4, -0.2) is 43.6 Å². The van der Waals surface area contributed by atoms with Crippen molar-refractivity contribution in [3.8, 4) is 0 Å². The SMILES string of the molecule is CCCCCC(=O)N1C[C@@H](O)[C@H](n2cc(C3CC3)nn2)C[C@H]1c1ccc(C)cc1. The van der Waals surface area contributed by atoms with Crippen LogP contribution in [0.25, 0.3) is 0 Å². The third-order valence-electron chi connectivity index (χ3n) is 6.31. The predicted molar refractivity (Wildman–Crippen MR) is 111 cm³/mol. The van der Waals surface area contributed by atoms with E-state index in [-0.39, 0.29) is 18.0 Å². The van der Waals surface area contributed by atoms with Gasteiger partial charge in [-0.2, -0.15) is 0 Å². The van der Waals surface area contributed by atoms with E-state index in [1.807, 2.05) is 15.8 Å². The predicted octanol–water partition coefficient (Wildman–Crippen LogP) is 3.92. The summed E-state index contributed by atoms with van der Waals surface area (Å²) in [5.41, 5.74) is 3.35. The van der Waals surface area contributed by atoms with Crippen LogP contribution in [0.2, 0.25) is 0 Å². The Morgan fingerprint density at radius 2 is 1.97 bits per heavy atom. The highest BCUT2D eigenvalue weighted by Gasteiger charge is 2.39. The number of nitrogens with zero attached hydrogens (tertiary/aromatic N) is 4. The van der Waals surface area contributed by atoms with Crippen LogP contribution in [0.3, 0.4) is 0 Å². The fraction of sp³-hybridized carbons (Fsp3) is 0.609. The van der Waals surface area contributed by atoms with Gasteiger partial charge in [0.05, 0.1) is 23.9 Å². The van der Waals surface area contributed by atoms with Gasteiger partial charge in [-0.15, -0.1) is 5.10 Å². The monoisotopic (exact) mass is 396 g/mol. The van der Waals surface area contributed by atoms with Gasteiger partial charge in [0, 0.05) is 25.1 Å². The molecule has 6 nitrogen and oxygen atoms in total. The van der Waals surface area contributed by atoms with E-state index in [1.54, 1.807) is 0 Å². The average Bonchev–Trinajstić information content (AvgIpc) is 3.46. The number of amides is 1. The average molecular weight is 397 g/mol. The Bertz CT molecular complexity index is 828. The van der Waals surface area contributed by atoms with Crippen molar-refractivity contribution in [2.75, 3.05) is 6.54 Å². The van der Waals surface area contributed by atoms with E-state index in [0.29, 0.717) is 25.3 Å². The first-order valence-electron chi connectivity index (χ1n) is 11.0. The third-order valence-corrected chi connectivity index (χ3v) is 6.31. The number of carbonyl (C=O) groups is 1.